The van der Waals surface area contributed by atoms with Gasteiger partial charge in [-0.3, -0.25) is 14.4 Å². The van der Waals surface area contributed by atoms with Crippen LogP contribution in [-0.2, 0) is 17.9 Å². The van der Waals surface area contributed by atoms with Crippen LogP contribution < -0.4 is 27.7 Å². The highest BCUT2D eigenvalue weighted by atomic mass is 16.1. The van der Waals surface area contributed by atoms with E-state index in [1.807, 2.05) is 37.3 Å². The second kappa shape index (κ2) is 9.88. The lowest BCUT2D eigenvalue weighted by atomic mass is 10.00. The molecule has 32 heavy (non-hydrogen) atoms. The molecule has 2 aromatic carbocycles. The summed E-state index contributed by atoms with van der Waals surface area (Å²) in [5, 5.41) is 6.03. The molecule has 0 radical (unpaired) electrons. The molecule has 9 heteroatoms. The van der Waals surface area contributed by atoms with Crippen LogP contribution in [0, 0.1) is 6.92 Å². The first-order chi connectivity index (χ1) is 15.3. The fourth-order valence-electron chi connectivity index (χ4n) is 3.34. The van der Waals surface area contributed by atoms with E-state index < -0.39 is 11.8 Å². The maximum absolute atomic E-state index is 12.8. The minimum absolute atomic E-state index is 0.101. The van der Waals surface area contributed by atoms with Crippen molar-refractivity contribution in [3.05, 3.63) is 75.7 Å². The second-order valence-electron chi connectivity index (χ2n) is 7.30. The Hall–Kier alpha value is -3.98. The minimum Gasteiger partial charge on any atom is -0.369 e. The molecule has 0 aliphatic rings. The Bertz CT molecular complexity index is 1200. The summed E-state index contributed by atoms with van der Waals surface area (Å²) < 4.78 is 1.56. The minimum atomic E-state index is -0.517. The maximum atomic E-state index is 12.8. The normalized spacial score (nSPS) is 10.7. The fraction of sp³-hybridized carbons (Fsp3) is 0.217. The van der Waals surface area contributed by atoms with E-state index in [0.717, 1.165) is 11.1 Å². The number of nitrogens with two attached hydrogens (primary N) is 2. The van der Waals surface area contributed by atoms with E-state index in [9.17, 15) is 14.4 Å². The highest BCUT2D eigenvalue weighted by Crippen LogP contribution is 2.25. The number of primary amides is 2. The highest BCUT2D eigenvalue weighted by Gasteiger charge is 2.15. The number of nitrogens with zero attached hydrogens (tertiary/aromatic N) is 2. The standard InChI is InChI=1S/C23H26N6O3/c1-3-29-13-19(17-5-4-6-18(14(17)2)21(25)31)28-22(23(29)32)27-16-9-7-15(8-10-16)11-26-12-20(24)30/h4-10,13,26H,3,11-12H2,1-2H3,(H2,24,30)(H2,25,31)(H,27,28). The van der Waals surface area contributed by atoms with Crippen LogP contribution in [0.25, 0.3) is 11.3 Å². The summed E-state index contributed by atoms with van der Waals surface area (Å²) in [6, 6.07) is 12.6. The average Bonchev–Trinajstić information content (AvgIpc) is 2.76. The number of aryl methyl sites for hydroxylation is 1. The third-order valence-electron chi connectivity index (χ3n) is 5.03. The topological polar surface area (TPSA) is 145 Å². The highest BCUT2D eigenvalue weighted by molar-refractivity contribution is 5.96. The molecule has 0 bridgehead atoms. The third-order valence-corrected chi connectivity index (χ3v) is 5.03. The van der Waals surface area contributed by atoms with Crippen molar-refractivity contribution in [3.8, 4) is 11.3 Å². The molecule has 3 rings (SSSR count). The SMILES string of the molecule is CCn1cc(-c2cccc(C(N)=O)c2C)nc(Nc2ccc(CNCC(N)=O)cc2)c1=O. The first-order valence-corrected chi connectivity index (χ1v) is 10.2. The van der Waals surface area contributed by atoms with Crippen LogP contribution in [0.2, 0.25) is 0 Å². The van der Waals surface area contributed by atoms with Crippen molar-refractivity contribution in [1.29, 1.82) is 0 Å². The number of hydrogen-bond donors (Lipinski definition) is 4. The number of hydrogen-bond acceptors (Lipinski definition) is 6. The van der Waals surface area contributed by atoms with Crippen LogP contribution in [0.4, 0.5) is 11.5 Å². The van der Waals surface area contributed by atoms with Crippen LogP contribution in [0.1, 0.15) is 28.4 Å². The number of nitrogens with one attached hydrogen (secondary N) is 2. The molecule has 0 unspecified atom stereocenters. The van der Waals surface area contributed by atoms with E-state index in [1.165, 1.54) is 0 Å². The third kappa shape index (κ3) is 5.19. The zero-order chi connectivity index (χ0) is 23.3. The molecule has 0 spiro atoms. The van der Waals surface area contributed by atoms with Crippen molar-refractivity contribution in [3.63, 3.8) is 0 Å². The largest absolute Gasteiger partial charge is 0.369 e. The van der Waals surface area contributed by atoms with Crippen molar-refractivity contribution < 1.29 is 9.59 Å². The van der Waals surface area contributed by atoms with Gasteiger partial charge < -0.3 is 26.7 Å². The molecule has 6 N–H and O–H groups in total. The molecule has 2 amide bonds. The van der Waals surface area contributed by atoms with Crippen molar-refractivity contribution >= 4 is 23.3 Å². The van der Waals surface area contributed by atoms with Gasteiger partial charge in [0.25, 0.3) is 5.56 Å². The average molecular weight is 435 g/mol. The summed E-state index contributed by atoms with van der Waals surface area (Å²) in [6.45, 7) is 4.73. The molecule has 0 saturated carbocycles. The number of benzene rings is 2. The predicted octanol–water partition coefficient (Wildman–Crippen LogP) is 1.66. The molecule has 166 valence electrons. The molecule has 1 heterocycles. The van der Waals surface area contributed by atoms with Crippen LogP contribution in [0.5, 0.6) is 0 Å². The zero-order valence-corrected chi connectivity index (χ0v) is 18.0. The van der Waals surface area contributed by atoms with Gasteiger partial charge in [0.05, 0.1) is 12.2 Å². The van der Waals surface area contributed by atoms with Gasteiger partial charge in [-0.05, 0) is 43.2 Å². The Morgan fingerprint density at radius 3 is 2.44 bits per heavy atom. The summed E-state index contributed by atoms with van der Waals surface area (Å²) in [7, 11) is 0. The van der Waals surface area contributed by atoms with Gasteiger partial charge in [0.15, 0.2) is 5.82 Å². The van der Waals surface area contributed by atoms with Crippen LogP contribution in [-0.4, -0.2) is 27.9 Å². The molecule has 0 aliphatic carbocycles. The summed E-state index contributed by atoms with van der Waals surface area (Å²) in [5.74, 6) is -0.761. The first kappa shape index (κ1) is 22.7. The fourth-order valence-corrected chi connectivity index (χ4v) is 3.34. The molecule has 9 nitrogen and oxygen atoms in total. The van der Waals surface area contributed by atoms with E-state index in [-0.39, 0.29) is 17.9 Å². The van der Waals surface area contributed by atoms with E-state index in [2.05, 4.69) is 15.6 Å². The summed E-state index contributed by atoms with van der Waals surface area (Å²) in [4.78, 5) is 39.9. The quantitative estimate of drug-likeness (QED) is 0.403. The van der Waals surface area contributed by atoms with E-state index in [1.54, 1.807) is 29.8 Å². The van der Waals surface area contributed by atoms with Gasteiger partial charge in [-0.25, -0.2) is 4.98 Å². The molecule has 0 aliphatic heterocycles. The molecular formula is C23H26N6O3. The number of amides is 2. The van der Waals surface area contributed by atoms with E-state index in [0.29, 0.717) is 35.6 Å². The van der Waals surface area contributed by atoms with Crippen molar-refractivity contribution in [2.45, 2.75) is 26.9 Å². The van der Waals surface area contributed by atoms with Gasteiger partial charge in [0.1, 0.15) is 0 Å². The first-order valence-electron chi connectivity index (χ1n) is 10.2. The number of carbonyl (C=O) groups is 2. The van der Waals surface area contributed by atoms with Gasteiger partial charge in [0.2, 0.25) is 11.8 Å². The van der Waals surface area contributed by atoms with Crippen LogP contribution in [0.3, 0.4) is 0 Å². The lowest BCUT2D eigenvalue weighted by Crippen LogP contribution is -2.28. The molecule has 0 saturated heterocycles. The zero-order valence-electron chi connectivity index (χ0n) is 18.0. The monoisotopic (exact) mass is 434 g/mol. The Balaban J connectivity index is 1.91. The van der Waals surface area contributed by atoms with Gasteiger partial charge in [-0.15, -0.1) is 0 Å². The van der Waals surface area contributed by atoms with Crippen molar-refractivity contribution in [2.75, 3.05) is 11.9 Å². The molecule has 0 fully saturated rings. The van der Waals surface area contributed by atoms with E-state index in [4.69, 9.17) is 11.5 Å². The van der Waals surface area contributed by atoms with Crippen LogP contribution >= 0.6 is 0 Å². The molecule has 0 atom stereocenters. The van der Waals surface area contributed by atoms with Crippen LogP contribution in [0.15, 0.2) is 53.5 Å². The Kier molecular flexibility index (Phi) is 7.01. The molecular weight excluding hydrogens is 408 g/mol. The molecule has 3 aromatic rings. The number of rotatable bonds is 9. The smallest absolute Gasteiger partial charge is 0.293 e. The number of anilines is 2. The van der Waals surface area contributed by atoms with E-state index >= 15 is 0 Å². The lowest BCUT2D eigenvalue weighted by Gasteiger charge is -2.14. The predicted molar refractivity (Wildman–Crippen MR) is 123 cm³/mol. The number of carbonyl (C=O) groups excluding carboxylic acids is 2. The van der Waals surface area contributed by atoms with Crippen molar-refractivity contribution in [2.24, 2.45) is 11.5 Å². The Morgan fingerprint density at radius 2 is 1.81 bits per heavy atom. The van der Waals surface area contributed by atoms with Gasteiger partial charge in [-0.1, -0.05) is 24.3 Å². The summed E-state index contributed by atoms with van der Waals surface area (Å²) >= 11 is 0. The number of aromatic nitrogens is 2. The van der Waals surface area contributed by atoms with Gasteiger partial charge in [0, 0.05) is 36.1 Å². The summed E-state index contributed by atoms with van der Waals surface area (Å²) in [6.07, 6.45) is 1.67. The summed E-state index contributed by atoms with van der Waals surface area (Å²) in [5.41, 5.74) is 14.4. The second-order valence-corrected chi connectivity index (χ2v) is 7.30. The molecule has 1 aromatic heterocycles. The van der Waals surface area contributed by atoms with Crippen molar-refractivity contribution in [1.82, 2.24) is 14.9 Å². The van der Waals surface area contributed by atoms with Gasteiger partial charge >= 0.3 is 0 Å². The Labute approximate surface area is 185 Å². The lowest BCUT2D eigenvalue weighted by molar-refractivity contribution is -0.117. The Morgan fingerprint density at radius 1 is 1.09 bits per heavy atom. The van der Waals surface area contributed by atoms with Gasteiger partial charge in [-0.2, -0.15) is 0 Å². The maximum Gasteiger partial charge on any atom is 0.293 e.